The van der Waals surface area contributed by atoms with Crippen LogP contribution in [0.2, 0.25) is 0 Å². The molecule has 35 heavy (non-hydrogen) atoms. The van der Waals surface area contributed by atoms with Crippen LogP contribution in [0.5, 0.6) is 5.75 Å². The van der Waals surface area contributed by atoms with Gasteiger partial charge >= 0.3 is 5.97 Å². The number of benzene rings is 3. The van der Waals surface area contributed by atoms with Crippen molar-refractivity contribution in [1.82, 2.24) is 0 Å². The van der Waals surface area contributed by atoms with Crippen molar-refractivity contribution >= 4 is 27.4 Å². The molecule has 0 radical (unpaired) electrons. The number of rotatable bonds is 6. The van der Waals surface area contributed by atoms with E-state index < -0.39 is 38.4 Å². The highest BCUT2D eigenvalue weighted by Gasteiger charge is 2.47. The van der Waals surface area contributed by atoms with Gasteiger partial charge in [-0.2, -0.15) is 0 Å². The molecule has 3 aromatic rings. The Balaban J connectivity index is 1.90. The van der Waals surface area contributed by atoms with Crippen molar-refractivity contribution in [2.24, 2.45) is 0 Å². The van der Waals surface area contributed by atoms with Gasteiger partial charge in [0.25, 0.3) is 5.91 Å². The van der Waals surface area contributed by atoms with E-state index in [2.05, 4.69) is 0 Å². The number of hydrogen-bond acceptors (Lipinski definition) is 7. The zero-order valence-electron chi connectivity index (χ0n) is 19.3. The van der Waals surface area contributed by atoms with E-state index in [1.54, 1.807) is 36.4 Å². The van der Waals surface area contributed by atoms with Crippen LogP contribution in [0, 0.1) is 6.92 Å². The van der Waals surface area contributed by atoms with Crippen molar-refractivity contribution in [2.45, 2.75) is 17.9 Å². The standard InChI is InChI=1S/C26H23NO7S/c1-16-4-14-21(15-5-16)35(31,32)24-22(17-6-8-18(9-7-17)26(30)34-3)27(25(29)23(24)28)19-10-12-20(33-2)13-11-19/h4-15,22,28H,1-3H3. The minimum atomic E-state index is -4.27. The first-order valence-corrected chi connectivity index (χ1v) is 12.1. The van der Waals surface area contributed by atoms with E-state index in [1.165, 1.54) is 55.5 Å². The third-order valence-electron chi connectivity index (χ3n) is 5.78. The van der Waals surface area contributed by atoms with Crippen LogP contribution in [0.1, 0.15) is 27.5 Å². The number of carbonyl (C=O) groups excluding carboxylic acids is 2. The molecule has 0 aliphatic carbocycles. The van der Waals surface area contributed by atoms with Gasteiger partial charge in [0.15, 0.2) is 5.76 Å². The van der Waals surface area contributed by atoms with Gasteiger partial charge in [0, 0.05) is 5.69 Å². The summed E-state index contributed by atoms with van der Waals surface area (Å²) in [5.41, 5.74) is 1.86. The third-order valence-corrected chi connectivity index (χ3v) is 7.67. The number of carbonyl (C=O) groups is 2. The molecule has 1 amide bonds. The van der Waals surface area contributed by atoms with Crippen molar-refractivity contribution in [3.8, 4) is 5.75 Å². The molecular formula is C26H23NO7S. The Labute approximate surface area is 202 Å². The molecule has 0 aromatic heterocycles. The molecule has 1 heterocycles. The number of aliphatic hydroxyl groups excluding tert-OH is 1. The summed E-state index contributed by atoms with van der Waals surface area (Å²) >= 11 is 0. The van der Waals surface area contributed by atoms with Crippen LogP contribution in [0.4, 0.5) is 5.69 Å². The summed E-state index contributed by atoms with van der Waals surface area (Å²) < 4.78 is 37.3. The fraction of sp³-hybridized carbons (Fsp3) is 0.154. The van der Waals surface area contributed by atoms with Gasteiger partial charge in [-0.15, -0.1) is 0 Å². The average Bonchev–Trinajstić information content (AvgIpc) is 3.14. The van der Waals surface area contributed by atoms with E-state index in [4.69, 9.17) is 9.47 Å². The molecule has 1 aliphatic heterocycles. The lowest BCUT2D eigenvalue weighted by molar-refractivity contribution is -0.117. The Hall–Kier alpha value is -4.11. The monoisotopic (exact) mass is 493 g/mol. The smallest absolute Gasteiger partial charge is 0.337 e. The number of aliphatic hydroxyl groups is 1. The summed E-state index contributed by atoms with van der Waals surface area (Å²) in [5.74, 6) is -1.73. The fourth-order valence-corrected chi connectivity index (χ4v) is 5.56. The van der Waals surface area contributed by atoms with Gasteiger partial charge in [-0.05, 0) is 61.0 Å². The second-order valence-corrected chi connectivity index (χ2v) is 9.84. The summed E-state index contributed by atoms with van der Waals surface area (Å²) in [7, 11) is -1.51. The number of anilines is 1. The van der Waals surface area contributed by atoms with E-state index in [1.807, 2.05) is 6.92 Å². The molecular weight excluding hydrogens is 470 g/mol. The fourth-order valence-electron chi connectivity index (χ4n) is 3.93. The molecule has 0 fully saturated rings. The Kier molecular flexibility index (Phi) is 6.36. The zero-order valence-corrected chi connectivity index (χ0v) is 20.1. The molecule has 3 aromatic carbocycles. The van der Waals surface area contributed by atoms with E-state index in [-0.39, 0.29) is 10.5 Å². The molecule has 0 saturated heterocycles. The SMILES string of the molecule is COC(=O)c1ccc(C2C(S(=O)(=O)c3ccc(C)cc3)=C(O)C(=O)N2c2ccc(OC)cc2)cc1. The predicted octanol–water partition coefficient (Wildman–Crippen LogP) is 4.12. The maximum absolute atomic E-state index is 13.7. The normalized spacial score (nSPS) is 15.9. The Morgan fingerprint density at radius 2 is 1.51 bits per heavy atom. The minimum Gasteiger partial charge on any atom is -0.502 e. The lowest BCUT2D eigenvalue weighted by Gasteiger charge is -2.27. The van der Waals surface area contributed by atoms with E-state index in [9.17, 15) is 23.1 Å². The van der Waals surface area contributed by atoms with Crippen LogP contribution in [-0.4, -0.2) is 39.6 Å². The molecule has 180 valence electrons. The Bertz CT molecular complexity index is 1410. The second kappa shape index (κ2) is 9.27. The van der Waals surface area contributed by atoms with Crippen LogP contribution >= 0.6 is 0 Å². The maximum Gasteiger partial charge on any atom is 0.337 e. The maximum atomic E-state index is 13.7. The van der Waals surface area contributed by atoms with Crippen LogP contribution in [-0.2, 0) is 19.4 Å². The van der Waals surface area contributed by atoms with Gasteiger partial charge in [-0.1, -0.05) is 29.8 Å². The average molecular weight is 494 g/mol. The zero-order chi connectivity index (χ0) is 25.3. The molecule has 0 saturated carbocycles. The van der Waals surface area contributed by atoms with Crippen molar-refractivity contribution in [2.75, 3.05) is 19.1 Å². The van der Waals surface area contributed by atoms with Gasteiger partial charge in [0.1, 0.15) is 16.7 Å². The largest absolute Gasteiger partial charge is 0.502 e. The number of sulfone groups is 1. The summed E-state index contributed by atoms with van der Waals surface area (Å²) in [4.78, 5) is 25.9. The molecule has 4 rings (SSSR count). The summed E-state index contributed by atoms with van der Waals surface area (Å²) in [5, 5.41) is 10.9. The van der Waals surface area contributed by atoms with Gasteiger partial charge in [0.05, 0.1) is 24.7 Å². The molecule has 1 aliphatic rings. The molecule has 8 nitrogen and oxygen atoms in total. The van der Waals surface area contributed by atoms with Crippen LogP contribution in [0.25, 0.3) is 0 Å². The van der Waals surface area contributed by atoms with E-state index in [0.29, 0.717) is 17.0 Å². The highest BCUT2D eigenvalue weighted by molar-refractivity contribution is 7.95. The first-order valence-electron chi connectivity index (χ1n) is 10.6. The number of methoxy groups -OCH3 is 2. The van der Waals surface area contributed by atoms with Gasteiger partial charge in [-0.25, -0.2) is 13.2 Å². The first-order chi connectivity index (χ1) is 16.7. The van der Waals surface area contributed by atoms with Gasteiger partial charge in [-0.3, -0.25) is 9.69 Å². The third kappa shape index (κ3) is 4.26. The Morgan fingerprint density at radius 1 is 0.914 bits per heavy atom. The molecule has 0 bridgehead atoms. The molecule has 1 N–H and O–H groups in total. The number of amides is 1. The lowest BCUT2D eigenvalue weighted by Crippen LogP contribution is -2.31. The van der Waals surface area contributed by atoms with Gasteiger partial charge in [0.2, 0.25) is 9.84 Å². The summed E-state index contributed by atoms with van der Waals surface area (Å²) in [6.07, 6.45) is 0. The van der Waals surface area contributed by atoms with Crippen molar-refractivity contribution in [3.05, 3.63) is 100 Å². The number of esters is 1. The van der Waals surface area contributed by atoms with Crippen molar-refractivity contribution < 1.29 is 32.6 Å². The van der Waals surface area contributed by atoms with E-state index >= 15 is 0 Å². The summed E-state index contributed by atoms with van der Waals surface area (Å²) in [6.45, 7) is 1.82. The first kappa shape index (κ1) is 24.0. The van der Waals surface area contributed by atoms with Crippen LogP contribution in [0.3, 0.4) is 0 Å². The molecule has 0 spiro atoms. The molecule has 1 unspecified atom stereocenters. The lowest BCUT2D eigenvalue weighted by atomic mass is 10.0. The predicted molar refractivity (Wildman–Crippen MR) is 129 cm³/mol. The number of ether oxygens (including phenoxy) is 2. The van der Waals surface area contributed by atoms with Gasteiger partial charge < -0.3 is 14.6 Å². The van der Waals surface area contributed by atoms with Crippen molar-refractivity contribution in [1.29, 1.82) is 0 Å². The molecule has 9 heteroatoms. The number of hydrogen-bond donors (Lipinski definition) is 1. The van der Waals surface area contributed by atoms with E-state index in [0.717, 1.165) is 5.56 Å². The Morgan fingerprint density at radius 3 is 2.06 bits per heavy atom. The highest BCUT2D eigenvalue weighted by atomic mass is 32.2. The number of aryl methyl sites for hydroxylation is 1. The topological polar surface area (TPSA) is 110 Å². The molecule has 1 atom stereocenters. The highest BCUT2D eigenvalue weighted by Crippen LogP contribution is 2.45. The van der Waals surface area contributed by atoms with Crippen LogP contribution < -0.4 is 9.64 Å². The number of nitrogens with zero attached hydrogens (tertiary/aromatic N) is 1. The van der Waals surface area contributed by atoms with Crippen molar-refractivity contribution in [3.63, 3.8) is 0 Å². The minimum absolute atomic E-state index is 0.0507. The van der Waals surface area contributed by atoms with Crippen LogP contribution in [0.15, 0.2) is 88.4 Å². The quantitative estimate of drug-likeness (QED) is 0.514. The second-order valence-electron chi connectivity index (χ2n) is 7.92. The summed E-state index contributed by atoms with van der Waals surface area (Å²) in [6, 6.07) is 17.4.